The lowest BCUT2D eigenvalue weighted by Gasteiger charge is -2.08. The standard InChI is InChI=1S/C21H20N2O3/c1-14(24)25-17-12-18(22-13-17)21-23-19(15-8-4-2-5-9-15)20(26-21)16-10-6-3-7-11-16/h2-11,17-18,22H,12-13H2,1H3/t17-,18-/m1/s1. The number of esters is 1. The number of hydrogen-bond acceptors (Lipinski definition) is 5. The number of ether oxygens (including phenoxy) is 1. The number of carbonyl (C=O) groups excluding carboxylic acids is 1. The summed E-state index contributed by atoms with van der Waals surface area (Å²) in [6, 6.07) is 19.9. The molecular formula is C21H20N2O3. The highest BCUT2D eigenvalue weighted by Crippen LogP contribution is 2.36. The van der Waals surface area contributed by atoms with Crippen molar-refractivity contribution in [2.45, 2.75) is 25.5 Å². The third-order valence-electron chi connectivity index (χ3n) is 4.45. The molecule has 5 heteroatoms. The molecule has 3 aromatic rings. The van der Waals surface area contributed by atoms with Crippen LogP contribution in [0.1, 0.15) is 25.3 Å². The van der Waals surface area contributed by atoms with Crippen LogP contribution in [0.3, 0.4) is 0 Å². The van der Waals surface area contributed by atoms with E-state index in [0.29, 0.717) is 18.9 Å². The molecule has 0 spiro atoms. The summed E-state index contributed by atoms with van der Waals surface area (Å²) < 4.78 is 11.5. The lowest BCUT2D eigenvalue weighted by molar-refractivity contribution is -0.145. The van der Waals surface area contributed by atoms with Gasteiger partial charge < -0.3 is 14.5 Å². The Kier molecular flexibility index (Phi) is 4.54. The van der Waals surface area contributed by atoms with E-state index in [1.807, 2.05) is 60.7 Å². The van der Waals surface area contributed by atoms with Crippen molar-refractivity contribution in [1.29, 1.82) is 0 Å². The minimum Gasteiger partial charge on any atom is -0.461 e. The summed E-state index contributed by atoms with van der Waals surface area (Å²) in [5.74, 6) is 1.11. The van der Waals surface area contributed by atoms with E-state index in [-0.39, 0.29) is 18.1 Å². The van der Waals surface area contributed by atoms with Gasteiger partial charge in [-0.05, 0) is 0 Å². The lowest BCUT2D eigenvalue weighted by atomic mass is 10.1. The first-order chi connectivity index (χ1) is 12.7. The summed E-state index contributed by atoms with van der Waals surface area (Å²) in [6.07, 6.45) is 0.507. The van der Waals surface area contributed by atoms with Gasteiger partial charge in [0.25, 0.3) is 0 Å². The largest absolute Gasteiger partial charge is 0.461 e. The smallest absolute Gasteiger partial charge is 0.302 e. The average Bonchev–Trinajstić information content (AvgIpc) is 3.30. The Labute approximate surface area is 152 Å². The number of nitrogens with zero attached hydrogens (tertiary/aromatic N) is 1. The highest BCUT2D eigenvalue weighted by atomic mass is 16.5. The van der Waals surface area contributed by atoms with Gasteiger partial charge in [0.1, 0.15) is 11.8 Å². The van der Waals surface area contributed by atoms with E-state index < -0.39 is 0 Å². The molecule has 0 saturated carbocycles. The number of oxazole rings is 1. The molecule has 2 aromatic carbocycles. The molecule has 4 rings (SSSR count). The second-order valence-corrected chi connectivity index (χ2v) is 6.39. The Balaban J connectivity index is 1.69. The van der Waals surface area contributed by atoms with Gasteiger partial charge in [-0.2, -0.15) is 0 Å². The summed E-state index contributed by atoms with van der Waals surface area (Å²) in [6.45, 7) is 2.04. The van der Waals surface area contributed by atoms with Crippen molar-refractivity contribution in [3.8, 4) is 22.6 Å². The van der Waals surface area contributed by atoms with Crippen LogP contribution >= 0.6 is 0 Å². The van der Waals surface area contributed by atoms with Crippen LogP contribution in [0.2, 0.25) is 0 Å². The summed E-state index contributed by atoms with van der Waals surface area (Å²) in [5.41, 5.74) is 2.82. The first-order valence-electron chi connectivity index (χ1n) is 8.73. The van der Waals surface area contributed by atoms with Crippen LogP contribution in [0.4, 0.5) is 0 Å². The van der Waals surface area contributed by atoms with Crippen molar-refractivity contribution in [2.75, 3.05) is 6.54 Å². The van der Waals surface area contributed by atoms with Crippen LogP contribution in [-0.4, -0.2) is 23.6 Å². The predicted molar refractivity (Wildman–Crippen MR) is 98.3 cm³/mol. The maximum Gasteiger partial charge on any atom is 0.302 e. The molecule has 2 heterocycles. The van der Waals surface area contributed by atoms with Crippen LogP contribution in [-0.2, 0) is 9.53 Å². The molecule has 0 unspecified atom stereocenters. The quantitative estimate of drug-likeness (QED) is 0.723. The number of nitrogens with one attached hydrogen (secondary N) is 1. The maximum absolute atomic E-state index is 11.2. The molecule has 0 radical (unpaired) electrons. The van der Waals surface area contributed by atoms with Gasteiger partial charge >= 0.3 is 5.97 Å². The van der Waals surface area contributed by atoms with Gasteiger partial charge in [0, 0.05) is 31.0 Å². The second kappa shape index (κ2) is 7.14. The number of benzene rings is 2. The van der Waals surface area contributed by atoms with Crippen LogP contribution in [0, 0.1) is 0 Å². The number of hydrogen-bond donors (Lipinski definition) is 1. The molecule has 1 fully saturated rings. The van der Waals surface area contributed by atoms with Crippen molar-refractivity contribution < 1.29 is 13.9 Å². The van der Waals surface area contributed by atoms with E-state index in [4.69, 9.17) is 14.1 Å². The summed E-state index contributed by atoms with van der Waals surface area (Å²) in [4.78, 5) is 16.0. The van der Waals surface area contributed by atoms with E-state index in [2.05, 4.69) is 5.32 Å². The number of rotatable bonds is 4. The molecule has 1 aromatic heterocycles. The molecular weight excluding hydrogens is 328 g/mol. The van der Waals surface area contributed by atoms with E-state index in [1.165, 1.54) is 6.92 Å². The SMILES string of the molecule is CC(=O)O[C@H]1CN[C@@H](c2nc(-c3ccccc3)c(-c3ccccc3)o2)C1. The first-order valence-corrected chi connectivity index (χ1v) is 8.73. The Morgan fingerprint density at radius 1 is 1.08 bits per heavy atom. The molecule has 5 nitrogen and oxygen atoms in total. The Morgan fingerprint density at radius 3 is 2.38 bits per heavy atom. The number of carbonyl (C=O) groups is 1. The van der Waals surface area contributed by atoms with E-state index in [1.54, 1.807) is 0 Å². The van der Waals surface area contributed by atoms with Crippen LogP contribution in [0.25, 0.3) is 22.6 Å². The molecule has 0 aliphatic carbocycles. The molecule has 1 aliphatic heterocycles. The monoisotopic (exact) mass is 348 g/mol. The molecule has 1 N–H and O–H groups in total. The second-order valence-electron chi connectivity index (χ2n) is 6.39. The molecule has 0 bridgehead atoms. The molecule has 132 valence electrons. The molecule has 0 amide bonds. The molecule has 2 atom stereocenters. The van der Waals surface area contributed by atoms with Crippen LogP contribution in [0.5, 0.6) is 0 Å². The van der Waals surface area contributed by atoms with Gasteiger partial charge in [-0.1, -0.05) is 60.7 Å². The van der Waals surface area contributed by atoms with Crippen molar-refractivity contribution >= 4 is 5.97 Å². The van der Waals surface area contributed by atoms with Crippen molar-refractivity contribution in [1.82, 2.24) is 10.3 Å². The highest BCUT2D eigenvalue weighted by molar-refractivity contribution is 5.76. The van der Waals surface area contributed by atoms with E-state index in [0.717, 1.165) is 22.6 Å². The van der Waals surface area contributed by atoms with Gasteiger partial charge in [0.05, 0.1) is 6.04 Å². The van der Waals surface area contributed by atoms with Crippen LogP contribution in [0.15, 0.2) is 65.1 Å². The minimum absolute atomic E-state index is 0.0701. The van der Waals surface area contributed by atoms with E-state index in [9.17, 15) is 4.79 Å². The van der Waals surface area contributed by atoms with Gasteiger partial charge in [-0.25, -0.2) is 4.98 Å². The molecule has 26 heavy (non-hydrogen) atoms. The average molecular weight is 348 g/mol. The van der Waals surface area contributed by atoms with Crippen molar-refractivity contribution in [3.63, 3.8) is 0 Å². The van der Waals surface area contributed by atoms with Crippen molar-refractivity contribution in [2.24, 2.45) is 0 Å². The summed E-state index contributed by atoms with van der Waals surface area (Å²) in [7, 11) is 0. The minimum atomic E-state index is -0.264. The third kappa shape index (κ3) is 3.39. The third-order valence-corrected chi connectivity index (χ3v) is 4.45. The van der Waals surface area contributed by atoms with Gasteiger partial charge in [0.15, 0.2) is 5.76 Å². The zero-order valence-corrected chi connectivity index (χ0v) is 14.5. The fraction of sp³-hybridized carbons (Fsp3) is 0.238. The van der Waals surface area contributed by atoms with Crippen molar-refractivity contribution in [3.05, 3.63) is 66.6 Å². The highest BCUT2D eigenvalue weighted by Gasteiger charge is 2.32. The predicted octanol–water partition coefficient (Wildman–Crippen LogP) is 3.97. The zero-order valence-electron chi connectivity index (χ0n) is 14.5. The summed E-state index contributed by atoms with van der Waals surface area (Å²) >= 11 is 0. The van der Waals surface area contributed by atoms with Gasteiger partial charge in [-0.3, -0.25) is 4.79 Å². The maximum atomic E-state index is 11.2. The van der Waals surface area contributed by atoms with Gasteiger partial charge in [0.2, 0.25) is 5.89 Å². The van der Waals surface area contributed by atoms with E-state index >= 15 is 0 Å². The zero-order chi connectivity index (χ0) is 17.9. The Bertz CT molecular complexity index is 833. The number of aromatic nitrogens is 1. The molecule has 1 saturated heterocycles. The van der Waals surface area contributed by atoms with Gasteiger partial charge in [-0.15, -0.1) is 0 Å². The Hall–Kier alpha value is -2.92. The topological polar surface area (TPSA) is 64.4 Å². The first kappa shape index (κ1) is 16.5. The fourth-order valence-electron chi connectivity index (χ4n) is 3.28. The lowest BCUT2D eigenvalue weighted by Crippen LogP contribution is -2.19. The molecule has 1 aliphatic rings. The fourth-order valence-corrected chi connectivity index (χ4v) is 3.28. The van der Waals surface area contributed by atoms with Crippen LogP contribution < -0.4 is 5.32 Å². The normalized spacial score (nSPS) is 19.4. The summed E-state index contributed by atoms with van der Waals surface area (Å²) in [5, 5.41) is 3.34. The Morgan fingerprint density at radius 2 is 1.73 bits per heavy atom.